The molecular weight excluding hydrogens is 336 g/mol. The second-order valence-corrected chi connectivity index (χ2v) is 5.25. The Kier molecular flexibility index (Phi) is 4.94. The van der Waals surface area contributed by atoms with Crippen LogP contribution in [0.3, 0.4) is 0 Å². The summed E-state index contributed by atoms with van der Waals surface area (Å²) in [5.41, 5.74) is 1.87. The van der Waals surface area contributed by atoms with Crippen molar-refractivity contribution in [3.05, 3.63) is 58.6 Å². The zero-order valence-electron chi connectivity index (χ0n) is 10.9. The molecule has 2 aromatic carbocycles. The summed E-state index contributed by atoms with van der Waals surface area (Å²) in [5.74, 6) is -1.14. The minimum atomic E-state index is -1.14. The largest absolute Gasteiger partial charge is 0.550 e. The molecule has 0 aliphatic rings. The molecule has 0 heterocycles. The molecule has 0 aliphatic carbocycles. The van der Waals surface area contributed by atoms with E-state index < -0.39 is 5.97 Å². The molecule has 108 valence electrons. The number of carboxylic acid groups (broad SMARTS) is 1. The summed E-state index contributed by atoms with van der Waals surface area (Å²) in [7, 11) is 0. The van der Waals surface area contributed by atoms with Gasteiger partial charge in [0.1, 0.15) is 0 Å². The van der Waals surface area contributed by atoms with Crippen molar-refractivity contribution < 1.29 is 14.7 Å². The van der Waals surface area contributed by atoms with Crippen LogP contribution in [0.2, 0.25) is 0 Å². The average Bonchev–Trinajstić information content (AvgIpc) is 2.43. The van der Waals surface area contributed by atoms with Crippen molar-refractivity contribution >= 4 is 39.3 Å². The lowest BCUT2D eigenvalue weighted by molar-refractivity contribution is -0.304. The molecule has 0 aliphatic heterocycles. The van der Waals surface area contributed by atoms with E-state index in [1.165, 1.54) is 0 Å². The molecule has 0 bridgehead atoms. The number of carbonyl (C=O) groups is 2. The van der Waals surface area contributed by atoms with Crippen LogP contribution in [-0.2, 0) is 11.2 Å². The highest BCUT2D eigenvalue weighted by Gasteiger charge is 2.03. The molecule has 0 unspecified atom stereocenters. The molecule has 0 fully saturated rings. The fourth-order valence-corrected chi connectivity index (χ4v) is 1.96. The van der Waals surface area contributed by atoms with Crippen LogP contribution in [0.1, 0.15) is 5.56 Å². The van der Waals surface area contributed by atoms with Gasteiger partial charge in [-0.15, -0.1) is 0 Å². The number of amides is 2. The van der Waals surface area contributed by atoms with Crippen molar-refractivity contribution in [2.45, 2.75) is 6.42 Å². The van der Waals surface area contributed by atoms with Crippen molar-refractivity contribution in [3.63, 3.8) is 0 Å². The first kappa shape index (κ1) is 15.1. The number of halogens is 1. The van der Waals surface area contributed by atoms with E-state index in [4.69, 9.17) is 0 Å². The third-order valence-electron chi connectivity index (χ3n) is 2.66. The maximum Gasteiger partial charge on any atom is 0.323 e. The van der Waals surface area contributed by atoms with Gasteiger partial charge in [-0.3, -0.25) is 0 Å². The number of carboxylic acids is 1. The monoisotopic (exact) mass is 347 g/mol. The predicted octanol–water partition coefficient (Wildman–Crippen LogP) is 2.39. The number of aliphatic carboxylic acids is 1. The lowest BCUT2D eigenvalue weighted by Crippen LogP contribution is -2.24. The molecule has 6 heteroatoms. The standard InChI is InChI=1S/C15H13BrN2O3/c16-11-3-7-13(8-4-11)18-15(21)17-12-5-1-10(2-6-12)9-14(19)20/h1-8H,9H2,(H,19,20)(H2,17,18,21)/p-1. The molecule has 0 saturated carbocycles. The van der Waals surface area contributed by atoms with Crippen LogP contribution < -0.4 is 15.7 Å². The van der Waals surface area contributed by atoms with Gasteiger partial charge in [0.05, 0.1) is 0 Å². The predicted molar refractivity (Wildman–Crippen MR) is 81.9 cm³/mol. The van der Waals surface area contributed by atoms with Gasteiger partial charge in [0.25, 0.3) is 0 Å². The van der Waals surface area contributed by atoms with Gasteiger partial charge in [-0.05, 0) is 42.0 Å². The first-order valence-electron chi connectivity index (χ1n) is 6.15. The maximum absolute atomic E-state index is 11.8. The minimum Gasteiger partial charge on any atom is -0.550 e. The lowest BCUT2D eigenvalue weighted by Gasteiger charge is -2.09. The molecular formula is C15H12BrN2O3-. The Hall–Kier alpha value is -2.34. The molecule has 5 nitrogen and oxygen atoms in total. The number of nitrogens with one attached hydrogen (secondary N) is 2. The van der Waals surface area contributed by atoms with E-state index in [1.807, 2.05) is 12.1 Å². The normalized spacial score (nSPS) is 9.95. The number of urea groups is 1. The van der Waals surface area contributed by atoms with Gasteiger partial charge in [-0.2, -0.15) is 0 Å². The van der Waals surface area contributed by atoms with Gasteiger partial charge in [-0.25, -0.2) is 4.79 Å². The van der Waals surface area contributed by atoms with Gasteiger partial charge in [0, 0.05) is 28.2 Å². The van der Waals surface area contributed by atoms with Crippen LogP contribution in [0, 0.1) is 0 Å². The van der Waals surface area contributed by atoms with E-state index in [1.54, 1.807) is 36.4 Å². The zero-order valence-corrected chi connectivity index (χ0v) is 12.5. The molecule has 0 atom stereocenters. The maximum atomic E-state index is 11.8. The number of anilines is 2. The van der Waals surface area contributed by atoms with Gasteiger partial charge in [0.15, 0.2) is 0 Å². The van der Waals surface area contributed by atoms with Crippen LogP contribution in [0.25, 0.3) is 0 Å². The van der Waals surface area contributed by atoms with Gasteiger partial charge in [-0.1, -0.05) is 28.1 Å². The fraction of sp³-hybridized carbons (Fsp3) is 0.0667. The lowest BCUT2D eigenvalue weighted by atomic mass is 10.1. The van der Waals surface area contributed by atoms with Crippen LogP contribution in [-0.4, -0.2) is 12.0 Å². The summed E-state index contributed by atoms with van der Waals surface area (Å²) < 4.78 is 0.928. The molecule has 2 amide bonds. The number of benzene rings is 2. The molecule has 2 N–H and O–H groups in total. The Labute approximate surface area is 130 Å². The highest BCUT2D eigenvalue weighted by Crippen LogP contribution is 2.15. The Bertz CT molecular complexity index is 639. The van der Waals surface area contributed by atoms with Crippen molar-refractivity contribution in [2.24, 2.45) is 0 Å². The summed E-state index contributed by atoms with van der Waals surface area (Å²) in [6.45, 7) is 0. The van der Waals surface area contributed by atoms with E-state index >= 15 is 0 Å². The quantitative estimate of drug-likeness (QED) is 0.890. The summed E-state index contributed by atoms with van der Waals surface area (Å²) in [5, 5.41) is 15.8. The zero-order chi connectivity index (χ0) is 15.2. The topological polar surface area (TPSA) is 81.3 Å². The molecule has 21 heavy (non-hydrogen) atoms. The van der Waals surface area contributed by atoms with Crippen LogP contribution in [0.5, 0.6) is 0 Å². The first-order chi connectivity index (χ1) is 10.0. The third-order valence-corrected chi connectivity index (χ3v) is 3.19. The number of rotatable bonds is 4. The summed E-state index contributed by atoms with van der Waals surface area (Å²) >= 11 is 3.31. The summed E-state index contributed by atoms with van der Waals surface area (Å²) in [6.07, 6.45) is -0.147. The van der Waals surface area contributed by atoms with E-state index in [0.29, 0.717) is 16.9 Å². The molecule has 0 saturated heterocycles. The van der Waals surface area contributed by atoms with E-state index in [-0.39, 0.29) is 12.5 Å². The second kappa shape index (κ2) is 6.90. The third kappa shape index (κ3) is 4.92. The highest BCUT2D eigenvalue weighted by atomic mass is 79.9. The first-order valence-corrected chi connectivity index (χ1v) is 6.94. The van der Waals surface area contributed by atoms with Crippen molar-refractivity contribution in [3.8, 4) is 0 Å². The molecule has 0 aromatic heterocycles. The smallest absolute Gasteiger partial charge is 0.323 e. The molecule has 2 aromatic rings. The van der Waals surface area contributed by atoms with Crippen molar-refractivity contribution in [1.29, 1.82) is 0 Å². The molecule has 0 radical (unpaired) electrons. The second-order valence-electron chi connectivity index (χ2n) is 4.33. The number of hydrogen-bond acceptors (Lipinski definition) is 3. The summed E-state index contributed by atoms with van der Waals surface area (Å²) in [4.78, 5) is 22.3. The van der Waals surface area contributed by atoms with Crippen molar-refractivity contribution in [1.82, 2.24) is 0 Å². The Morgan fingerprint density at radius 3 is 1.86 bits per heavy atom. The minimum absolute atomic E-state index is 0.147. The molecule has 2 rings (SSSR count). The van der Waals surface area contributed by atoms with Crippen LogP contribution >= 0.6 is 15.9 Å². The number of hydrogen-bond donors (Lipinski definition) is 2. The fourth-order valence-electron chi connectivity index (χ4n) is 1.70. The highest BCUT2D eigenvalue weighted by molar-refractivity contribution is 9.10. The summed E-state index contributed by atoms with van der Waals surface area (Å²) in [6, 6.07) is 13.4. The van der Waals surface area contributed by atoms with Gasteiger partial charge < -0.3 is 20.5 Å². The van der Waals surface area contributed by atoms with Crippen LogP contribution in [0.4, 0.5) is 16.2 Å². The van der Waals surface area contributed by atoms with Gasteiger partial charge >= 0.3 is 6.03 Å². The Morgan fingerprint density at radius 1 is 0.905 bits per heavy atom. The van der Waals surface area contributed by atoms with Gasteiger partial charge in [0.2, 0.25) is 0 Å². The van der Waals surface area contributed by atoms with E-state index in [9.17, 15) is 14.7 Å². The Morgan fingerprint density at radius 2 is 1.38 bits per heavy atom. The number of carbonyl (C=O) groups excluding carboxylic acids is 2. The van der Waals surface area contributed by atoms with Crippen molar-refractivity contribution in [2.75, 3.05) is 10.6 Å². The Balaban J connectivity index is 1.93. The van der Waals surface area contributed by atoms with E-state index in [2.05, 4.69) is 26.6 Å². The van der Waals surface area contributed by atoms with E-state index in [0.717, 1.165) is 4.47 Å². The molecule has 0 spiro atoms. The average molecular weight is 348 g/mol. The SMILES string of the molecule is O=C([O-])Cc1ccc(NC(=O)Nc2ccc(Br)cc2)cc1. The van der Waals surface area contributed by atoms with Crippen LogP contribution in [0.15, 0.2) is 53.0 Å².